The molecule has 82 valence electrons. The molecule has 2 aromatic heterocycles. The molecule has 0 spiro atoms. The summed E-state index contributed by atoms with van der Waals surface area (Å²) in [5.74, 6) is -0.523. The highest BCUT2D eigenvalue weighted by Gasteiger charge is 2.11. The van der Waals surface area contributed by atoms with E-state index in [9.17, 15) is 9.59 Å². The summed E-state index contributed by atoms with van der Waals surface area (Å²) >= 11 is 0. The van der Waals surface area contributed by atoms with Crippen molar-refractivity contribution in [2.75, 3.05) is 5.32 Å². The molecule has 8 heteroatoms. The average molecular weight is 220 g/mol. The highest BCUT2D eigenvalue weighted by molar-refractivity contribution is 6.02. The van der Waals surface area contributed by atoms with Crippen LogP contribution in [0.25, 0.3) is 0 Å². The highest BCUT2D eigenvalue weighted by Crippen LogP contribution is 1.96. The van der Waals surface area contributed by atoms with Crippen LogP contribution in [0.15, 0.2) is 23.3 Å². The van der Waals surface area contributed by atoms with E-state index in [0.717, 1.165) is 0 Å². The molecule has 0 atom stereocenters. The van der Waals surface area contributed by atoms with Crippen LogP contribution in [0.2, 0.25) is 0 Å². The van der Waals surface area contributed by atoms with Crippen molar-refractivity contribution in [2.45, 2.75) is 0 Å². The Bertz CT molecular complexity index is 572. The summed E-state index contributed by atoms with van der Waals surface area (Å²) in [5, 5.41) is 13.2. The number of rotatable bonds is 2. The van der Waals surface area contributed by atoms with Gasteiger partial charge in [-0.3, -0.25) is 14.9 Å². The summed E-state index contributed by atoms with van der Waals surface area (Å²) in [6, 6.07) is 1.26. The molecular formula is C8H8N6O2. The second-order valence-corrected chi connectivity index (χ2v) is 2.98. The second kappa shape index (κ2) is 3.93. The molecule has 0 fully saturated rings. The van der Waals surface area contributed by atoms with Crippen molar-refractivity contribution in [1.82, 2.24) is 25.2 Å². The SMILES string of the molecule is Cn1nnc(NC(=O)c2c[nH]ccc2=O)n1. The van der Waals surface area contributed by atoms with E-state index < -0.39 is 5.91 Å². The van der Waals surface area contributed by atoms with Gasteiger partial charge in [0.15, 0.2) is 5.43 Å². The number of hydrogen-bond acceptors (Lipinski definition) is 5. The molecule has 0 aliphatic rings. The fourth-order valence-electron chi connectivity index (χ4n) is 1.10. The van der Waals surface area contributed by atoms with Crippen LogP contribution < -0.4 is 10.7 Å². The molecule has 8 nitrogen and oxygen atoms in total. The molecule has 1 amide bonds. The third kappa shape index (κ3) is 1.95. The number of hydrogen-bond donors (Lipinski definition) is 2. The van der Waals surface area contributed by atoms with Crippen molar-refractivity contribution in [2.24, 2.45) is 7.05 Å². The molecule has 2 N–H and O–H groups in total. The normalized spacial score (nSPS) is 10.1. The van der Waals surface area contributed by atoms with Gasteiger partial charge in [-0.1, -0.05) is 5.10 Å². The molecule has 0 aliphatic heterocycles. The van der Waals surface area contributed by atoms with Crippen molar-refractivity contribution in [3.8, 4) is 0 Å². The molecule has 0 bridgehead atoms. The Hall–Kier alpha value is -2.51. The Kier molecular flexibility index (Phi) is 2.46. The molecule has 0 aromatic carbocycles. The second-order valence-electron chi connectivity index (χ2n) is 2.98. The molecular weight excluding hydrogens is 212 g/mol. The maximum absolute atomic E-state index is 11.6. The van der Waals surface area contributed by atoms with Gasteiger partial charge in [0.25, 0.3) is 11.9 Å². The van der Waals surface area contributed by atoms with Gasteiger partial charge in [0.1, 0.15) is 5.56 Å². The number of nitrogens with one attached hydrogen (secondary N) is 2. The number of nitrogens with zero attached hydrogens (tertiary/aromatic N) is 4. The van der Waals surface area contributed by atoms with Gasteiger partial charge in [-0.15, -0.1) is 5.10 Å². The van der Waals surface area contributed by atoms with E-state index in [2.05, 4.69) is 25.7 Å². The first-order chi connectivity index (χ1) is 7.66. The minimum atomic E-state index is -0.574. The maximum atomic E-state index is 11.6. The lowest BCUT2D eigenvalue weighted by atomic mass is 10.2. The Labute approximate surface area is 89.3 Å². The van der Waals surface area contributed by atoms with Gasteiger partial charge in [0.05, 0.1) is 7.05 Å². The first-order valence-electron chi connectivity index (χ1n) is 4.39. The van der Waals surface area contributed by atoms with E-state index in [1.165, 1.54) is 23.3 Å². The minimum absolute atomic E-state index is 0.00467. The summed E-state index contributed by atoms with van der Waals surface area (Å²) in [4.78, 5) is 26.8. The maximum Gasteiger partial charge on any atom is 0.270 e. The molecule has 16 heavy (non-hydrogen) atoms. The Balaban J connectivity index is 2.21. The molecule has 0 saturated heterocycles. The average Bonchev–Trinajstić information content (AvgIpc) is 2.64. The van der Waals surface area contributed by atoms with Crippen LogP contribution in [0.1, 0.15) is 10.4 Å². The molecule has 0 saturated carbocycles. The standard InChI is InChI=1S/C8H8N6O2/c1-14-12-8(11-13-14)10-7(16)5-4-9-3-2-6(5)15/h2-4H,1H3,(H,9,15)(H,10,12,16). The van der Waals surface area contributed by atoms with Gasteiger partial charge in [-0.25, -0.2) is 0 Å². The van der Waals surface area contributed by atoms with Crippen LogP contribution >= 0.6 is 0 Å². The number of tetrazole rings is 1. The largest absolute Gasteiger partial charge is 0.367 e. The number of anilines is 1. The molecule has 2 heterocycles. The van der Waals surface area contributed by atoms with Crippen LogP contribution in [-0.2, 0) is 7.05 Å². The van der Waals surface area contributed by atoms with Crippen molar-refractivity contribution >= 4 is 11.9 Å². The summed E-state index contributed by atoms with van der Waals surface area (Å²) in [6.45, 7) is 0. The lowest BCUT2D eigenvalue weighted by molar-refractivity contribution is 0.102. The molecule has 2 rings (SSSR count). The number of carbonyl (C=O) groups excluding carboxylic acids is 1. The van der Waals surface area contributed by atoms with E-state index in [4.69, 9.17) is 0 Å². The van der Waals surface area contributed by atoms with Crippen molar-refractivity contribution in [3.05, 3.63) is 34.2 Å². The van der Waals surface area contributed by atoms with Gasteiger partial charge in [0, 0.05) is 18.5 Å². The zero-order valence-electron chi connectivity index (χ0n) is 8.34. The lowest BCUT2D eigenvalue weighted by Gasteiger charge is -1.98. The number of amides is 1. The van der Waals surface area contributed by atoms with Crippen LogP contribution in [0.5, 0.6) is 0 Å². The fourth-order valence-corrected chi connectivity index (χ4v) is 1.10. The first-order valence-corrected chi connectivity index (χ1v) is 4.39. The number of aromatic amines is 1. The number of aromatic nitrogens is 5. The predicted molar refractivity (Wildman–Crippen MR) is 53.8 cm³/mol. The highest BCUT2D eigenvalue weighted by atomic mass is 16.2. The van der Waals surface area contributed by atoms with Crippen LogP contribution in [-0.4, -0.2) is 31.1 Å². The van der Waals surface area contributed by atoms with Crippen molar-refractivity contribution in [1.29, 1.82) is 0 Å². The van der Waals surface area contributed by atoms with E-state index in [-0.39, 0.29) is 16.9 Å². The van der Waals surface area contributed by atoms with E-state index in [1.54, 1.807) is 7.05 Å². The topological polar surface area (TPSA) is 106 Å². The number of pyridine rings is 1. The van der Waals surface area contributed by atoms with Crippen LogP contribution in [0.4, 0.5) is 5.95 Å². The Morgan fingerprint density at radius 2 is 2.38 bits per heavy atom. The van der Waals surface area contributed by atoms with Crippen LogP contribution in [0.3, 0.4) is 0 Å². The van der Waals surface area contributed by atoms with Gasteiger partial charge in [-0.05, 0) is 5.21 Å². The Morgan fingerprint density at radius 1 is 1.56 bits per heavy atom. The van der Waals surface area contributed by atoms with E-state index in [0.29, 0.717) is 0 Å². The fraction of sp³-hybridized carbons (Fsp3) is 0.125. The van der Waals surface area contributed by atoms with Crippen LogP contribution in [0, 0.1) is 0 Å². The summed E-state index contributed by atoms with van der Waals surface area (Å²) in [6.07, 6.45) is 2.76. The molecule has 0 radical (unpaired) electrons. The number of carbonyl (C=O) groups is 1. The van der Waals surface area contributed by atoms with Gasteiger partial charge >= 0.3 is 0 Å². The van der Waals surface area contributed by atoms with E-state index >= 15 is 0 Å². The number of aryl methyl sites for hydroxylation is 1. The summed E-state index contributed by atoms with van der Waals surface area (Å²) in [7, 11) is 1.57. The third-order valence-corrected chi connectivity index (χ3v) is 1.80. The molecule has 2 aromatic rings. The predicted octanol–water partition coefficient (Wildman–Crippen LogP) is -0.849. The first kappa shape index (κ1) is 10.0. The number of H-pyrrole nitrogens is 1. The Morgan fingerprint density at radius 3 is 3.00 bits per heavy atom. The zero-order valence-corrected chi connectivity index (χ0v) is 8.34. The lowest BCUT2D eigenvalue weighted by Crippen LogP contribution is -2.21. The molecule has 0 unspecified atom stereocenters. The zero-order chi connectivity index (χ0) is 11.5. The third-order valence-electron chi connectivity index (χ3n) is 1.80. The van der Waals surface area contributed by atoms with Gasteiger partial charge < -0.3 is 4.98 Å². The monoisotopic (exact) mass is 220 g/mol. The van der Waals surface area contributed by atoms with Gasteiger partial charge in [-0.2, -0.15) is 4.80 Å². The smallest absolute Gasteiger partial charge is 0.270 e. The minimum Gasteiger partial charge on any atom is -0.367 e. The van der Waals surface area contributed by atoms with E-state index in [1.807, 2.05) is 0 Å². The molecule has 0 aliphatic carbocycles. The van der Waals surface area contributed by atoms with Crippen molar-refractivity contribution in [3.63, 3.8) is 0 Å². The quantitative estimate of drug-likeness (QED) is 0.685. The summed E-state index contributed by atoms with van der Waals surface area (Å²) in [5.41, 5.74) is -0.380. The summed E-state index contributed by atoms with van der Waals surface area (Å²) < 4.78 is 0. The van der Waals surface area contributed by atoms with Gasteiger partial charge in [0.2, 0.25) is 0 Å². The van der Waals surface area contributed by atoms with Crippen molar-refractivity contribution < 1.29 is 4.79 Å².